The van der Waals surface area contributed by atoms with Crippen LogP contribution in [-0.4, -0.2) is 92.2 Å². The van der Waals surface area contributed by atoms with Gasteiger partial charge in [0.25, 0.3) is 0 Å². The van der Waals surface area contributed by atoms with Gasteiger partial charge in [0.2, 0.25) is 23.6 Å². The highest BCUT2D eigenvalue weighted by atomic mass is 16.4. The van der Waals surface area contributed by atoms with Crippen molar-refractivity contribution >= 4 is 41.5 Å². The van der Waals surface area contributed by atoms with E-state index < -0.39 is 91.1 Å². The molecule has 0 aliphatic rings. The van der Waals surface area contributed by atoms with Crippen LogP contribution >= 0.6 is 0 Å². The molecule has 0 rings (SSSR count). The average molecular weight is 491 g/mol. The minimum Gasteiger partial charge on any atom is -0.481 e. The second kappa shape index (κ2) is 14.4. The van der Waals surface area contributed by atoms with E-state index in [9.17, 15) is 38.7 Å². The molecule has 16 nitrogen and oxygen atoms in total. The van der Waals surface area contributed by atoms with Crippen molar-refractivity contribution in [2.45, 2.75) is 69.3 Å². The Hall–Kier alpha value is -3.79. The lowest BCUT2D eigenvalue weighted by Gasteiger charge is -2.25. The number of carboxylic acids is 3. The quantitative estimate of drug-likeness (QED) is 0.0993. The molecule has 0 aliphatic heterocycles. The lowest BCUT2D eigenvalue weighted by atomic mass is 10.1. The van der Waals surface area contributed by atoms with Crippen LogP contribution in [0, 0.1) is 0 Å². The summed E-state index contributed by atoms with van der Waals surface area (Å²) in [6.45, 7) is 1.06. The zero-order valence-corrected chi connectivity index (χ0v) is 18.2. The standard InChI is InChI=1S/C18H29N5O11/c1-7(24)14(18(33)34)23-17(32)10(6-13(28)29)22-16(31)9(3-4-11(20)25)21-15(30)8(19)2-5-12(26)27/h7-10,14,24H,2-6,19H2,1H3,(H2,20,25)(H,21,30)(H,22,31)(H,23,32)(H,26,27)(H,28,29)(H,33,34). The summed E-state index contributed by atoms with van der Waals surface area (Å²) in [4.78, 5) is 81.3. The van der Waals surface area contributed by atoms with E-state index in [1.54, 1.807) is 0 Å². The second-order valence-electron chi connectivity index (χ2n) is 7.33. The van der Waals surface area contributed by atoms with E-state index in [-0.39, 0.29) is 12.8 Å². The summed E-state index contributed by atoms with van der Waals surface area (Å²) in [5, 5.41) is 42.4. The third-order valence-electron chi connectivity index (χ3n) is 4.38. The molecule has 0 aromatic heterocycles. The van der Waals surface area contributed by atoms with E-state index in [4.69, 9.17) is 26.8 Å². The number of aliphatic carboxylic acids is 3. The van der Waals surface area contributed by atoms with Gasteiger partial charge in [-0.25, -0.2) is 4.79 Å². The van der Waals surface area contributed by atoms with Gasteiger partial charge in [-0.2, -0.15) is 0 Å². The van der Waals surface area contributed by atoms with Gasteiger partial charge in [0, 0.05) is 12.8 Å². The van der Waals surface area contributed by atoms with Crippen LogP contribution in [-0.2, 0) is 33.6 Å². The highest BCUT2D eigenvalue weighted by Crippen LogP contribution is 2.04. The predicted octanol–water partition coefficient (Wildman–Crippen LogP) is -4.16. The van der Waals surface area contributed by atoms with Gasteiger partial charge in [0.1, 0.15) is 12.1 Å². The van der Waals surface area contributed by atoms with E-state index >= 15 is 0 Å². The molecule has 11 N–H and O–H groups in total. The molecule has 0 aromatic rings. The minimum atomic E-state index is -1.82. The average Bonchev–Trinajstić information content (AvgIpc) is 2.70. The summed E-state index contributed by atoms with van der Waals surface area (Å²) in [5.74, 6) is -8.55. The first-order valence-corrected chi connectivity index (χ1v) is 9.95. The Morgan fingerprint density at radius 2 is 1.29 bits per heavy atom. The Kier molecular flexibility index (Phi) is 12.8. The van der Waals surface area contributed by atoms with Crippen molar-refractivity contribution in [2.75, 3.05) is 0 Å². The molecule has 5 atom stereocenters. The van der Waals surface area contributed by atoms with Crippen molar-refractivity contribution < 1.29 is 54.0 Å². The largest absolute Gasteiger partial charge is 0.481 e. The zero-order chi connectivity index (χ0) is 26.6. The fourth-order valence-corrected chi connectivity index (χ4v) is 2.54. The molecular weight excluding hydrogens is 462 g/mol. The number of aliphatic hydroxyl groups excluding tert-OH is 1. The topological polar surface area (TPSA) is 289 Å². The Morgan fingerprint density at radius 3 is 1.74 bits per heavy atom. The molecule has 34 heavy (non-hydrogen) atoms. The Bertz CT molecular complexity index is 801. The van der Waals surface area contributed by atoms with Gasteiger partial charge in [0.15, 0.2) is 6.04 Å². The summed E-state index contributed by atoms with van der Waals surface area (Å²) >= 11 is 0. The van der Waals surface area contributed by atoms with Gasteiger partial charge < -0.3 is 47.8 Å². The lowest BCUT2D eigenvalue weighted by molar-refractivity contribution is -0.146. The second-order valence-corrected chi connectivity index (χ2v) is 7.33. The molecule has 4 amide bonds. The number of carboxylic acid groups (broad SMARTS) is 3. The lowest BCUT2D eigenvalue weighted by Crippen LogP contribution is -2.58. The molecule has 0 aliphatic carbocycles. The molecule has 0 saturated heterocycles. The van der Waals surface area contributed by atoms with Crippen LogP contribution in [0.15, 0.2) is 0 Å². The maximum absolute atomic E-state index is 12.7. The number of carbonyl (C=O) groups is 7. The van der Waals surface area contributed by atoms with Crippen LogP contribution in [0.1, 0.15) is 39.0 Å². The molecule has 0 bridgehead atoms. The normalized spacial score (nSPS) is 15.0. The number of amides is 4. The number of aliphatic hydroxyl groups is 1. The molecule has 16 heteroatoms. The van der Waals surface area contributed by atoms with E-state index in [0.717, 1.165) is 6.92 Å². The summed E-state index contributed by atoms with van der Waals surface area (Å²) in [5.41, 5.74) is 10.6. The predicted molar refractivity (Wildman–Crippen MR) is 111 cm³/mol. The Morgan fingerprint density at radius 1 is 0.765 bits per heavy atom. The van der Waals surface area contributed by atoms with Crippen molar-refractivity contribution in [1.82, 2.24) is 16.0 Å². The minimum absolute atomic E-state index is 0.273. The third kappa shape index (κ3) is 11.7. The zero-order valence-electron chi connectivity index (χ0n) is 18.2. The summed E-state index contributed by atoms with van der Waals surface area (Å²) < 4.78 is 0. The van der Waals surface area contributed by atoms with Crippen LogP contribution in [0.2, 0.25) is 0 Å². The Labute approximate surface area is 193 Å². The van der Waals surface area contributed by atoms with Crippen molar-refractivity contribution in [3.05, 3.63) is 0 Å². The molecule has 0 saturated carbocycles. The summed E-state index contributed by atoms with van der Waals surface area (Å²) in [6, 6.07) is -6.48. The fourth-order valence-electron chi connectivity index (χ4n) is 2.54. The number of rotatable bonds is 16. The van der Waals surface area contributed by atoms with Gasteiger partial charge in [0.05, 0.1) is 18.6 Å². The van der Waals surface area contributed by atoms with Crippen LogP contribution < -0.4 is 27.4 Å². The first-order chi connectivity index (χ1) is 15.6. The molecule has 5 unspecified atom stereocenters. The van der Waals surface area contributed by atoms with Gasteiger partial charge >= 0.3 is 17.9 Å². The number of primary amides is 1. The van der Waals surface area contributed by atoms with Gasteiger partial charge in [-0.05, 0) is 19.8 Å². The van der Waals surface area contributed by atoms with Gasteiger partial charge in [-0.1, -0.05) is 0 Å². The first kappa shape index (κ1) is 30.2. The SMILES string of the molecule is CC(O)C(NC(=O)C(CC(=O)O)NC(=O)C(CCC(N)=O)NC(=O)C(N)CCC(=O)O)C(=O)O. The van der Waals surface area contributed by atoms with Crippen LogP contribution in [0.25, 0.3) is 0 Å². The highest BCUT2D eigenvalue weighted by molar-refractivity contribution is 5.96. The molecule has 0 fully saturated rings. The molecular formula is C18H29N5O11. The first-order valence-electron chi connectivity index (χ1n) is 9.95. The van der Waals surface area contributed by atoms with Crippen LogP contribution in [0.5, 0.6) is 0 Å². The van der Waals surface area contributed by atoms with E-state index in [2.05, 4.69) is 5.32 Å². The van der Waals surface area contributed by atoms with Gasteiger partial charge in [-0.3, -0.25) is 28.8 Å². The maximum Gasteiger partial charge on any atom is 0.328 e. The highest BCUT2D eigenvalue weighted by Gasteiger charge is 2.33. The number of nitrogens with one attached hydrogen (secondary N) is 3. The number of nitrogens with two attached hydrogens (primary N) is 2. The number of carbonyl (C=O) groups excluding carboxylic acids is 4. The Balaban J connectivity index is 5.56. The number of hydrogen-bond acceptors (Lipinski definition) is 9. The van der Waals surface area contributed by atoms with E-state index in [1.165, 1.54) is 0 Å². The molecule has 0 aromatic carbocycles. The molecule has 0 radical (unpaired) electrons. The van der Waals surface area contributed by atoms with Crippen molar-refractivity contribution in [1.29, 1.82) is 0 Å². The fraction of sp³-hybridized carbons (Fsp3) is 0.611. The van der Waals surface area contributed by atoms with Crippen molar-refractivity contribution in [3.63, 3.8) is 0 Å². The number of hydrogen-bond donors (Lipinski definition) is 9. The van der Waals surface area contributed by atoms with E-state index in [0.29, 0.717) is 0 Å². The summed E-state index contributed by atoms with van der Waals surface area (Å²) in [6.07, 6.45) is -4.03. The summed E-state index contributed by atoms with van der Waals surface area (Å²) in [7, 11) is 0. The molecule has 192 valence electrons. The third-order valence-corrected chi connectivity index (χ3v) is 4.38. The van der Waals surface area contributed by atoms with E-state index in [1.807, 2.05) is 10.6 Å². The van der Waals surface area contributed by atoms with Crippen molar-refractivity contribution in [2.24, 2.45) is 11.5 Å². The smallest absolute Gasteiger partial charge is 0.328 e. The molecule has 0 spiro atoms. The molecule has 0 heterocycles. The van der Waals surface area contributed by atoms with Crippen LogP contribution in [0.3, 0.4) is 0 Å². The monoisotopic (exact) mass is 491 g/mol. The maximum atomic E-state index is 12.7. The van der Waals surface area contributed by atoms with Crippen molar-refractivity contribution in [3.8, 4) is 0 Å². The van der Waals surface area contributed by atoms with Crippen LogP contribution in [0.4, 0.5) is 0 Å². The van der Waals surface area contributed by atoms with Gasteiger partial charge in [-0.15, -0.1) is 0 Å².